The first kappa shape index (κ1) is 13.5. The predicted molar refractivity (Wildman–Crippen MR) is 73.4 cm³/mol. The van der Waals surface area contributed by atoms with Gasteiger partial charge in [0.25, 0.3) is 0 Å². The normalized spacial score (nSPS) is 12.4. The van der Waals surface area contributed by atoms with E-state index in [0.717, 1.165) is 9.35 Å². The number of rotatable bonds is 4. The van der Waals surface area contributed by atoms with E-state index in [1.54, 1.807) is 30.4 Å². The van der Waals surface area contributed by atoms with E-state index in [0.29, 0.717) is 12.2 Å². The molecule has 5 heteroatoms. The molecular weight excluding hydrogens is 319 g/mol. The summed E-state index contributed by atoms with van der Waals surface area (Å²) in [5.41, 5.74) is 0.540. The molecular formula is C13H12BrFO2S. The Hall–Kier alpha value is -0.910. The highest BCUT2D eigenvalue weighted by molar-refractivity contribution is 9.10. The van der Waals surface area contributed by atoms with Gasteiger partial charge in [-0.15, -0.1) is 11.3 Å². The molecule has 0 aliphatic heterocycles. The van der Waals surface area contributed by atoms with Gasteiger partial charge in [0.15, 0.2) is 11.6 Å². The van der Waals surface area contributed by atoms with Crippen molar-refractivity contribution in [2.24, 2.45) is 0 Å². The number of benzene rings is 1. The maximum Gasteiger partial charge on any atom is 0.165 e. The fourth-order valence-corrected chi connectivity index (χ4v) is 2.83. The minimum Gasteiger partial charge on any atom is -0.485 e. The second kappa shape index (κ2) is 5.82. The molecule has 0 unspecified atom stereocenters. The lowest BCUT2D eigenvalue weighted by Crippen LogP contribution is -1.98. The highest BCUT2D eigenvalue weighted by atomic mass is 79.9. The first-order valence-electron chi connectivity index (χ1n) is 5.39. The number of ether oxygens (including phenoxy) is 1. The highest BCUT2D eigenvalue weighted by Gasteiger charge is 2.08. The molecule has 0 amide bonds. The van der Waals surface area contributed by atoms with E-state index < -0.39 is 11.9 Å². The van der Waals surface area contributed by atoms with Gasteiger partial charge in [0, 0.05) is 14.7 Å². The molecule has 0 aliphatic carbocycles. The smallest absolute Gasteiger partial charge is 0.165 e. The van der Waals surface area contributed by atoms with Crippen molar-refractivity contribution < 1.29 is 14.2 Å². The molecule has 18 heavy (non-hydrogen) atoms. The van der Waals surface area contributed by atoms with Crippen molar-refractivity contribution >= 4 is 27.3 Å². The zero-order chi connectivity index (χ0) is 13.1. The van der Waals surface area contributed by atoms with Crippen LogP contribution in [-0.2, 0) is 6.61 Å². The second-order valence-corrected chi connectivity index (χ2v) is 5.80. The molecule has 1 aromatic heterocycles. The summed E-state index contributed by atoms with van der Waals surface area (Å²) in [6.07, 6.45) is -0.679. The van der Waals surface area contributed by atoms with Gasteiger partial charge in [-0.1, -0.05) is 6.07 Å². The molecule has 2 aromatic rings. The van der Waals surface area contributed by atoms with Crippen LogP contribution in [0.5, 0.6) is 5.75 Å². The van der Waals surface area contributed by atoms with E-state index in [1.807, 2.05) is 11.4 Å². The number of aliphatic hydroxyl groups excluding tert-OH is 1. The lowest BCUT2D eigenvalue weighted by atomic mass is 10.1. The van der Waals surface area contributed by atoms with Crippen molar-refractivity contribution in [3.63, 3.8) is 0 Å². The molecule has 1 heterocycles. The van der Waals surface area contributed by atoms with Crippen molar-refractivity contribution in [2.75, 3.05) is 0 Å². The molecule has 0 spiro atoms. The summed E-state index contributed by atoms with van der Waals surface area (Å²) in [7, 11) is 0. The molecule has 1 atom stereocenters. The van der Waals surface area contributed by atoms with Crippen LogP contribution in [0, 0.1) is 5.82 Å². The first-order chi connectivity index (χ1) is 8.56. The van der Waals surface area contributed by atoms with Gasteiger partial charge in [0.1, 0.15) is 6.61 Å². The molecule has 0 aliphatic rings. The van der Waals surface area contributed by atoms with Crippen LogP contribution in [0.2, 0.25) is 0 Å². The summed E-state index contributed by atoms with van der Waals surface area (Å²) in [6, 6.07) is 6.44. The SMILES string of the molecule is C[C@H](O)c1ccc(OCc2cc(Br)cs2)c(F)c1. The van der Waals surface area contributed by atoms with E-state index >= 15 is 0 Å². The largest absolute Gasteiger partial charge is 0.485 e. The van der Waals surface area contributed by atoms with Crippen LogP contribution in [0.1, 0.15) is 23.5 Å². The monoisotopic (exact) mass is 330 g/mol. The standard InChI is InChI=1S/C13H12BrFO2S/c1-8(16)9-2-3-13(12(15)4-9)17-6-11-5-10(14)7-18-11/h2-5,7-8,16H,6H2,1H3/t8-/m0/s1. The summed E-state index contributed by atoms with van der Waals surface area (Å²) in [5.74, 6) is -0.257. The third-order valence-electron chi connectivity index (χ3n) is 2.43. The molecule has 1 aromatic carbocycles. The minimum absolute atomic E-state index is 0.198. The second-order valence-electron chi connectivity index (χ2n) is 3.89. The van der Waals surface area contributed by atoms with E-state index in [2.05, 4.69) is 15.9 Å². The third kappa shape index (κ3) is 3.31. The lowest BCUT2D eigenvalue weighted by Gasteiger charge is -2.09. The Kier molecular flexibility index (Phi) is 4.37. The zero-order valence-corrected chi connectivity index (χ0v) is 12.1. The van der Waals surface area contributed by atoms with Crippen LogP contribution >= 0.6 is 27.3 Å². The molecule has 0 saturated heterocycles. The fourth-order valence-electron chi connectivity index (χ4n) is 1.47. The maximum atomic E-state index is 13.7. The van der Waals surface area contributed by atoms with Crippen LogP contribution in [-0.4, -0.2) is 5.11 Å². The minimum atomic E-state index is -0.679. The van der Waals surface area contributed by atoms with Gasteiger partial charge in [-0.2, -0.15) is 0 Å². The molecule has 96 valence electrons. The van der Waals surface area contributed by atoms with E-state index in [1.165, 1.54) is 6.07 Å². The average molecular weight is 331 g/mol. The van der Waals surface area contributed by atoms with Gasteiger partial charge in [0.05, 0.1) is 6.10 Å². The van der Waals surface area contributed by atoms with Gasteiger partial charge >= 0.3 is 0 Å². The van der Waals surface area contributed by atoms with Crippen LogP contribution < -0.4 is 4.74 Å². The Bertz CT molecular complexity index is 540. The Morgan fingerprint density at radius 3 is 2.78 bits per heavy atom. The summed E-state index contributed by atoms with van der Waals surface area (Å²) >= 11 is 4.90. The summed E-state index contributed by atoms with van der Waals surface area (Å²) in [5, 5.41) is 11.3. The van der Waals surface area contributed by atoms with Gasteiger partial charge < -0.3 is 9.84 Å². The van der Waals surface area contributed by atoms with Crippen LogP contribution in [0.15, 0.2) is 34.1 Å². The van der Waals surface area contributed by atoms with Gasteiger partial charge in [-0.3, -0.25) is 0 Å². The van der Waals surface area contributed by atoms with Crippen LogP contribution in [0.25, 0.3) is 0 Å². The van der Waals surface area contributed by atoms with Crippen molar-refractivity contribution in [3.05, 3.63) is 50.4 Å². The van der Waals surface area contributed by atoms with Crippen LogP contribution in [0.3, 0.4) is 0 Å². The topological polar surface area (TPSA) is 29.5 Å². The molecule has 0 saturated carbocycles. The number of hydrogen-bond acceptors (Lipinski definition) is 3. The number of thiophene rings is 1. The molecule has 2 nitrogen and oxygen atoms in total. The number of halogens is 2. The van der Waals surface area contributed by atoms with Gasteiger partial charge in [-0.05, 0) is 46.6 Å². The number of aliphatic hydroxyl groups is 1. The molecule has 1 N–H and O–H groups in total. The fraction of sp³-hybridized carbons (Fsp3) is 0.231. The van der Waals surface area contributed by atoms with Gasteiger partial charge in [-0.25, -0.2) is 4.39 Å². The summed E-state index contributed by atoms with van der Waals surface area (Å²) in [4.78, 5) is 1.01. The molecule has 0 bridgehead atoms. The van der Waals surface area contributed by atoms with Crippen molar-refractivity contribution in [1.82, 2.24) is 0 Å². The highest BCUT2D eigenvalue weighted by Crippen LogP contribution is 2.25. The Morgan fingerprint density at radius 2 is 2.22 bits per heavy atom. The average Bonchev–Trinajstić information content (AvgIpc) is 2.73. The Labute approximate surface area is 117 Å². The van der Waals surface area contributed by atoms with Crippen molar-refractivity contribution in [1.29, 1.82) is 0 Å². The van der Waals surface area contributed by atoms with E-state index in [-0.39, 0.29) is 5.75 Å². The summed E-state index contributed by atoms with van der Waals surface area (Å²) in [6.45, 7) is 1.93. The summed E-state index contributed by atoms with van der Waals surface area (Å²) < 4.78 is 20.1. The van der Waals surface area contributed by atoms with Crippen LogP contribution in [0.4, 0.5) is 4.39 Å². The Morgan fingerprint density at radius 1 is 1.44 bits per heavy atom. The van der Waals surface area contributed by atoms with E-state index in [4.69, 9.17) is 4.74 Å². The Balaban J connectivity index is 2.05. The van der Waals surface area contributed by atoms with Crippen molar-refractivity contribution in [3.8, 4) is 5.75 Å². The molecule has 0 radical (unpaired) electrons. The predicted octanol–water partition coefficient (Wildman–Crippen LogP) is 4.28. The van der Waals surface area contributed by atoms with Crippen molar-refractivity contribution in [2.45, 2.75) is 19.6 Å². The molecule has 2 rings (SSSR count). The number of hydrogen-bond donors (Lipinski definition) is 1. The third-order valence-corrected chi connectivity index (χ3v) is 4.10. The van der Waals surface area contributed by atoms with E-state index in [9.17, 15) is 9.50 Å². The first-order valence-corrected chi connectivity index (χ1v) is 7.07. The maximum absolute atomic E-state index is 13.7. The lowest BCUT2D eigenvalue weighted by molar-refractivity contribution is 0.198. The van der Waals surface area contributed by atoms with Gasteiger partial charge in [0.2, 0.25) is 0 Å². The molecule has 0 fully saturated rings. The zero-order valence-electron chi connectivity index (χ0n) is 9.69. The quantitative estimate of drug-likeness (QED) is 0.906.